The van der Waals surface area contributed by atoms with Crippen molar-refractivity contribution in [2.75, 3.05) is 0 Å². The Labute approximate surface area is 134 Å². The fourth-order valence-electron chi connectivity index (χ4n) is 5.73. The third kappa shape index (κ3) is 4.49. The molecule has 0 amide bonds. The van der Waals surface area contributed by atoms with Crippen molar-refractivity contribution in [3.05, 3.63) is 0 Å². The highest BCUT2D eigenvalue weighted by Gasteiger charge is 2.37. The van der Waals surface area contributed by atoms with Gasteiger partial charge in [0, 0.05) is 0 Å². The molecule has 0 spiro atoms. The third-order valence-electron chi connectivity index (χ3n) is 6.92. The molecule has 6 atom stereocenters. The Balaban J connectivity index is 2.04. The van der Waals surface area contributed by atoms with E-state index in [-0.39, 0.29) is 0 Å². The van der Waals surface area contributed by atoms with E-state index in [0.717, 1.165) is 47.3 Å². The molecule has 0 bridgehead atoms. The van der Waals surface area contributed by atoms with E-state index < -0.39 is 0 Å². The number of hydrogen-bond donors (Lipinski definition) is 0. The zero-order valence-electron chi connectivity index (χ0n) is 15.6. The summed E-state index contributed by atoms with van der Waals surface area (Å²) in [5, 5.41) is 0. The van der Waals surface area contributed by atoms with E-state index in [1.807, 2.05) is 0 Å². The van der Waals surface area contributed by atoms with Crippen LogP contribution >= 0.6 is 0 Å². The zero-order valence-corrected chi connectivity index (χ0v) is 15.6. The van der Waals surface area contributed by atoms with Gasteiger partial charge in [0.15, 0.2) is 0 Å². The molecular weight excluding hydrogens is 252 g/mol. The Bertz CT molecular complexity index is 273. The van der Waals surface area contributed by atoms with Crippen LogP contribution in [0.15, 0.2) is 0 Å². The van der Waals surface area contributed by atoms with Crippen molar-refractivity contribution in [1.82, 2.24) is 0 Å². The SMILES string of the molecule is CC1CCC(C(C)C)C(CC2CC(C)CCC2C(C)C)C1. The largest absolute Gasteiger partial charge is 0.0625 e. The van der Waals surface area contributed by atoms with Crippen molar-refractivity contribution in [2.45, 2.75) is 86.5 Å². The molecule has 0 aromatic carbocycles. The van der Waals surface area contributed by atoms with Crippen LogP contribution in [0.5, 0.6) is 0 Å². The van der Waals surface area contributed by atoms with Crippen LogP contribution in [0.25, 0.3) is 0 Å². The lowest BCUT2D eigenvalue weighted by atomic mass is 9.62. The fraction of sp³-hybridized carbons (Fsp3) is 1.00. The standard InChI is InChI=1S/C21H40/c1-14(2)20-9-7-16(5)11-18(20)13-19-12-17(6)8-10-21(19)15(3)4/h14-21H,7-13H2,1-6H3. The molecule has 0 aliphatic heterocycles. The van der Waals surface area contributed by atoms with E-state index in [9.17, 15) is 0 Å². The molecule has 124 valence electrons. The monoisotopic (exact) mass is 292 g/mol. The summed E-state index contributed by atoms with van der Waals surface area (Å²) in [6.45, 7) is 14.9. The highest BCUT2D eigenvalue weighted by atomic mass is 14.4. The van der Waals surface area contributed by atoms with Gasteiger partial charge in [-0.15, -0.1) is 0 Å². The lowest BCUT2D eigenvalue weighted by Crippen LogP contribution is -2.34. The quantitative estimate of drug-likeness (QED) is 0.535. The van der Waals surface area contributed by atoms with Crippen molar-refractivity contribution in [2.24, 2.45) is 47.3 Å². The van der Waals surface area contributed by atoms with Gasteiger partial charge in [0.1, 0.15) is 0 Å². The Hall–Kier alpha value is 0. The molecule has 0 heterocycles. The normalized spacial score (nSPS) is 41.7. The van der Waals surface area contributed by atoms with E-state index in [0.29, 0.717) is 0 Å². The van der Waals surface area contributed by atoms with E-state index in [1.54, 1.807) is 6.42 Å². The first kappa shape index (κ1) is 17.4. The highest BCUT2D eigenvalue weighted by molar-refractivity contribution is 4.87. The van der Waals surface area contributed by atoms with Gasteiger partial charge in [-0.1, -0.05) is 54.4 Å². The van der Waals surface area contributed by atoms with Crippen LogP contribution in [0.2, 0.25) is 0 Å². The Kier molecular flexibility index (Phi) is 6.21. The van der Waals surface area contributed by atoms with E-state index in [2.05, 4.69) is 41.5 Å². The van der Waals surface area contributed by atoms with Crippen molar-refractivity contribution in [3.8, 4) is 0 Å². The maximum atomic E-state index is 2.49. The second-order valence-corrected chi connectivity index (χ2v) is 9.41. The van der Waals surface area contributed by atoms with Gasteiger partial charge in [-0.25, -0.2) is 0 Å². The van der Waals surface area contributed by atoms with Gasteiger partial charge < -0.3 is 0 Å². The second kappa shape index (κ2) is 7.51. The van der Waals surface area contributed by atoms with Crippen LogP contribution in [0.4, 0.5) is 0 Å². The molecule has 0 saturated heterocycles. The first-order valence-corrected chi connectivity index (χ1v) is 9.88. The van der Waals surface area contributed by atoms with Crippen LogP contribution in [0.3, 0.4) is 0 Å². The average molecular weight is 293 g/mol. The molecule has 2 rings (SSSR count). The van der Waals surface area contributed by atoms with Crippen LogP contribution in [0, 0.1) is 47.3 Å². The fourth-order valence-corrected chi connectivity index (χ4v) is 5.73. The highest BCUT2D eigenvalue weighted by Crippen LogP contribution is 2.47. The van der Waals surface area contributed by atoms with Crippen molar-refractivity contribution >= 4 is 0 Å². The first-order valence-electron chi connectivity index (χ1n) is 9.88. The molecule has 0 heteroatoms. The van der Waals surface area contributed by atoms with Crippen molar-refractivity contribution in [3.63, 3.8) is 0 Å². The topological polar surface area (TPSA) is 0 Å². The summed E-state index contributed by atoms with van der Waals surface area (Å²) in [6, 6.07) is 0. The van der Waals surface area contributed by atoms with Crippen molar-refractivity contribution < 1.29 is 0 Å². The predicted octanol–water partition coefficient (Wildman–Crippen LogP) is 6.79. The summed E-state index contributed by atoms with van der Waals surface area (Å²) in [4.78, 5) is 0. The molecule has 21 heavy (non-hydrogen) atoms. The summed E-state index contributed by atoms with van der Waals surface area (Å²) in [5.74, 6) is 7.78. The molecule has 0 N–H and O–H groups in total. The minimum Gasteiger partial charge on any atom is -0.0625 e. The third-order valence-corrected chi connectivity index (χ3v) is 6.92. The predicted molar refractivity (Wildman–Crippen MR) is 94.3 cm³/mol. The average Bonchev–Trinajstić information content (AvgIpc) is 2.38. The molecule has 0 nitrogen and oxygen atoms in total. The Morgan fingerprint density at radius 1 is 0.667 bits per heavy atom. The van der Waals surface area contributed by atoms with Crippen LogP contribution in [-0.4, -0.2) is 0 Å². The van der Waals surface area contributed by atoms with Gasteiger partial charge >= 0.3 is 0 Å². The lowest BCUT2D eigenvalue weighted by Gasteiger charge is -2.44. The molecular formula is C21H40. The molecule has 2 fully saturated rings. The van der Waals surface area contributed by atoms with Gasteiger partial charge in [0.2, 0.25) is 0 Å². The number of hydrogen-bond acceptors (Lipinski definition) is 0. The molecule has 0 radical (unpaired) electrons. The van der Waals surface area contributed by atoms with Crippen molar-refractivity contribution in [1.29, 1.82) is 0 Å². The van der Waals surface area contributed by atoms with E-state index in [1.165, 1.54) is 38.5 Å². The summed E-state index contributed by atoms with van der Waals surface area (Å²) >= 11 is 0. The lowest BCUT2D eigenvalue weighted by molar-refractivity contribution is 0.0665. The maximum Gasteiger partial charge on any atom is -0.0362 e. The Morgan fingerprint density at radius 2 is 1.05 bits per heavy atom. The minimum atomic E-state index is 0.890. The van der Waals surface area contributed by atoms with Crippen LogP contribution < -0.4 is 0 Å². The summed E-state index contributed by atoms with van der Waals surface area (Å²) in [6.07, 6.45) is 10.5. The van der Waals surface area contributed by atoms with Gasteiger partial charge in [-0.05, 0) is 79.4 Å². The number of rotatable bonds is 4. The van der Waals surface area contributed by atoms with Gasteiger partial charge in [-0.2, -0.15) is 0 Å². The minimum absolute atomic E-state index is 0.890. The first-order chi connectivity index (χ1) is 9.88. The second-order valence-electron chi connectivity index (χ2n) is 9.41. The van der Waals surface area contributed by atoms with Gasteiger partial charge in [0.05, 0.1) is 0 Å². The van der Waals surface area contributed by atoms with Gasteiger partial charge in [-0.3, -0.25) is 0 Å². The summed E-state index contributed by atoms with van der Waals surface area (Å²) in [5.41, 5.74) is 0. The smallest absolute Gasteiger partial charge is 0.0362 e. The summed E-state index contributed by atoms with van der Waals surface area (Å²) < 4.78 is 0. The van der Waals surface area contributed by atoms with E-state index in [4.69, 9.17) is 0 Å². The molecule has 2 aliphatic rings. The maximum absolute atomic E-state index is 2.49. The molecule has 6 unspecified atom stereocenters. The molecule has 0 aromatic heterocycles. The Morgan fingerprint density at radius 3 is 1.38 bits per heavy atom. The van der Waals surface area contributed by atoms with Gasteiger partial charge in [0.25, 0.3) is 0 Å². The zero-order chi connectivity index (χ0) is 15.6. The van der Waals surface area contributed by atoms with E-state index >= 15 is 0 Å². The molecule has 2 saturated carbocycles. The molecule has 0 aromatic rings. The molecule has 2 aliphatic carbocycles. The van der Waals surface area contributed by atoms with Crippen LogP contribution in [-0.2, 0) is 0 Å². The van der Waals surface area contributed by atoms with Crippen LogP contribution in [0.1, 0.15) is 86.5 Å². The summed E-state index contributed by atoms with van der Waals surface area (Å²) in [7, 11) is 0.